The third-order valence-electron chi connectivity index (χ3n) is 2.60. The topological polar surface area (TPSA) is 75.3 Å². The normalized spacial score (nSPS) is 13.3. The molecule has 1 unspecified atom stereocenters. The number of sulfonamides is 1. The third kappa shape index (κ3) is 4.57. The van der Waals surface area contributed by atoms with Crippen molar-refractivity contribution in [3.05, 3.63) is 28.2 Å². The molecule has 0 aliphatic heterocycles. The van der Waals surface area contributed by atoms with Gasteiger partial charge in [-0.05, 0) is 51.5 Å². The summed E-state index contributed by atoms with van der Waals surface area (Å²) in [5, 5.41) is 2.66. The Hall–Kier alpha value is -0.920. The second-order valence-corrected chi connectivity index (χ2v) is 7.49. The van der Waals surface area contributed by atoms with E-state index in [1.54, 1.807) is 19.1 Å². The zero-order valence-electron chi connectivity index (χ0n) is 11.9. The molecule has 112 valence electrons. The number of aryl methyl sites for hydroxylation is 1. The predicted octanol–water partition coefficient (Wildman–Crippen LogP) is 1.95. The monoisotopic (exact) mass is 362 g/mol. The second-order valence-electron chi connectivity index (χ2n) is 4.92. The third-order valence-corrected chi connectivity index (χ3v) is 5.02. The molecule has 1 aromatic rings. The number of nitrogens with one attached hydrogen (secondary N) is 2. The van der Waals surface area contributed by atoms with Gasteiger partial charge in [0.05, 0.1) is 10.9 Å². The number of amides is 1. The molecule has 2 N–H and O–H groups in total. The second kappa shape index (κ2) is 6.69. The Morgan fingerprint density at radius 1 is 1.25 bits per heavy atom. The summed E-state index contributed by atoms with van der Waals surface area (Å²) in [5.41, 5.74) is 0.812. The van der Waals surface area contributed by atoms with Crippen LogP contribution in [0.3, 0.4) is 0 Å². The molecule has 0 aromatic heterocycles. The lowest BCUT2D eigenvalue weighted by molar-refractivity contribution is -0.122. The Labute approximate surface area is 128 Å². The van der Waals surface area contributed by atoms with Gasteiger partial charge < -0.3 is 5.32 Å². The standard InChI is InChI=1S/C13H19BrN2O3S/c1-8(2)15-13(17)10(4)16-20(18,19)11-5-6-12(14)9(3)7-11/h5-8,10,16H,1-4H3,(H,15,17). The maximum absolute atomic E-state index is 12.2. The first-order valence-corrected chi connectivity index (χ1v) is 8.50. The minimum absolute atomic E-state index is 0.0376. The van der Waals surface area contributed by atoms with Gasteiger partial charge in [0.25, 0.3) is 0 Å². The molecule has 0 aliphatic carbocycles. The van der Waals surface area contributed by atoms with Gasteiger partial charge in [-0.15, -0.1) is 0 Å². The molecule has 0 saturated carbocycles. The number of carbonyl (C=O) groups is 1. The molecule has 1 amide bonds. The first-order valence-electron chi connectivity index (χ1n) is 6.22. The lowest BCUT2D eigenvalue weighted by Crippen LogP contribution is -2.46. The molecule has 7 heteroatoms. The van der Waals surface area contributed by atoms with Crippen LogP contribution in [-0.4, -0.2) is 26.4 Å². The van der Waals surface area contributed by atoms with Crippen molar-refractivity contribution in [3.8, 4) is 0 Å². The SMILES string of the molecule is Cc1cc(S(=O)(=O)NC(C)C(=O)NC(C)C)ccc1Br. The molecular formula is C13H19BrN2O3S. The minimum atomic E-state index is -3.71. The summed E-state index contributed by atoms with van der Waals surface area (Å²) < 4.78 is 27.6. The smallest absolute Gasteiger partial charge is 0.241 e. The van der Waals surface area contributed by atoms with E-state index in [1.165, 1.54) is 13.0 Å². The average Bonchev–Trinajstić information content (AvgIpc) is 2.31. The van der Waals surface area contributed by atoms with E-state index in [9.17, 15) is 13.2 Å². The largest absolute Gasteiger partial charge is 0.353 e. The quantitative estimate of drug-likeness (QED) is 0.840. The van der Waals surface area contributed by atoms with E-state index >= 15 is 0 Å². The van der Waals surface area contributed by atoms with E-state index in [2.05, 4.69) is 26.0 Å². The van der Waals surface area contributed by atoms with Gasteiger partial charge in [-0.1, -0.05) is 15.9 Å². The van der Waals surface area contributed by atoms with Crippen molar-refractivity contribution >= 4 is 31.9 Å². The fourth-order valence-corrected chi connectivity index (χ4v) is 3.08. The van der Waals surface area contributed by atoms with Crippen LogP contribution < -0.4 is 10.0 Å². The lowest BCUT2D eigenvalue weighted by atomic mass is 10.2. The summed E-state index contributed by atoms with van der Waals surface area (Å²) in [7, 11) is -3.71. The summed E-state index contributed by atoms with van der Waals surface area (Å²) in [4.78, 5) is 11.9. The predicted molar refractivity (Wildman–Crippen MR) is 81.9 cm³/mol. The van der Waals surface area contributed by atoms with Crippen molar-refractivity contribution in [1.82, 2.24) is 10.0 Å². The Balaban J connectivity index is 2.89. The molecule has 5 nitrogen and oxygen atoms in total. The first-order chi connectivity index (χ1) is 9.13. The number of hydrogen-bond acceptors (Lipinski definition) is 3. The molecule has 0 bridgehead atoms. The van der Waals surface area contributed by atoms with Gasteiger partial charge in [0, 0.05) is 10.5 Å². The Kier molecular flexibility index (Phi) is 5.73. The fraction of sp³-hybridized carbons (Fsp3) is 0.462. The van der Waals surface area contributed by atoms with E-state index in [1.807, 2.05) is 13.8 Å². The molecule has 0 heterocycles. The summed E-state index contributed by atoms with van der Waals surface area (Å²) >= 11 is 3.32. The summed E-state index contributed by atoms with van der Waals surface area (Å²) in [5.74, 6) is -0.350. The van der Waals surface area contributed by atoms with Gasteiger partial charge in [0.2, 0.25) is 15.9 Å². The van der Waals surface area contributed by atoms with Crippen LogP contribution >= 0.6 is 15.9 Å². The van der Waals surface area contributed by atoms with E-state index in [-0.39, 0.29) is 16.8 Å². The minimum Gasteiger partial charge on any atom is -0.353 e. The molecule has 1 aromatic carbocycles. The van der Waals surface area contributed by atoms with Gasteiger partial charge in [-0.2, -0.15) is 4.72 Å². The molecule has 0 spiro atoms. The van der Waals surface area contributed by atoms with Crippen LogP contribution in [-0.2, 0) is 14.8 Å². The van der Waals surface area contributed by atoms with Crippen LogP contribution in [0.5, 0.6) is 0 Å². The van der Waals surface area contributed by atoms with E-state index in [4.69, 9.17) is 0 Å². The summed E-state index contributed by atoms with van der Waals surface area (Å²) in [6, 6.07) is 3.85. The van der Waals surface area contributed by atoms with Crippen molar-refractivity contribution in [2.45, 2.75) is 44.7 Å². The van der Waals surface area contributed by atoms with Gasteiger partial charge >= 0.3 is 0 Å². The van der Waals surface area contributed by atoms with Gasteiger partial charge in [-0.25, -0.2) is 8.42 Å². The van der Waals surface area contributed by atoms with Crippen LogP contribution in [0.15, 0.2) is 27.6 Å². The zero-order valence-corrected chi connectivity index (χ0v) is 14.3. The Morgan fingerprint density at radius 2 is 1.85 bits per heavy atom. The molecule has 1 rings (SSSR count). The number of halogens is 1. The summed E-state index contributed by atoms with van der Waals surface area (Å²) in [6.07, 6.45) is 0. The number of hydrogen-bond donors (Lipinski definition) is 2. The van der Waals surface area contributed by atoms with Crippen molar-refractivity contribution < 1.29 is 13.2 Å². The highest BCUT2D eigenvalue weighted by Gasteiger charge is 2.22. The number of carbonyl (C=O) groups excluding carboxylic acids is 1. The summed E-state index contributed by atoms with van der Waals surface area (Å²) in [6.45, 7) is 6.95. The van der Waals surface area contributed by atoms with E-state index in [0.717, 1.165) is 10.0 Å². The van der Waals surface area contributed by atoms with E-state index in [0.29, 0.717) is 0 Å². The molecule has 0 saturated heterocycles. The zero-order chi connectivity index (χ0) is 15.5. The Morgan fingerprint density at radius 3 is 2.35 bits per heavy atom. The number of rotatable bonds is 5. The highest BCUT2D eigenvalue weighted by molar-refractivity contribution is 9.10. The highest BCUT2D eigenvalue weighted by atomic mass is 79.9. The Bertz CT molecular complexity index is 600. The maximum atomic E-state index is 12.2. The fourth-order valence-electron chi connectivity index (χ4n) is 1.55. The maximum Gasteiger partial charge on any atom is 0.241 e. The van der Waals surface area contributed by atoms with Crippen molar-refractivity contribution in [2.75, 3.05) is 0 Å². The molecule has 0 aliphatic rings. The van der Waals surface area contributed by atoms with Gasteiger partial charge in [0.1, 0.15) is 0 Å². The van der Waals surface area contributed by atoms with Gasteiger partial charge in [-0.3, -0.25) is 4.79 Å². The first kappa shape index (κ1) is 17.1. The molecule has 20 heavy (non-hydrogen) atoms. The average molecular weight is 363 g/mol. The van der Waals surface area contributed by atoms with E-state index < -0.39 is 16.1 Å². The van der Waals surface area contributed by atoms with Crippen LogP contribution in [0.1, 0.15) is 26.3 Å². The molecule has 0 radical (unpaired) electrons. The lowest BCUT2D eigenvalue weighted by Gasteiger charge is -2.16. The van der Waals surface area contributed by atoms with Crippen molar-refractivity contribution in [3.63, 3.8) is 0 Å². The number of benzene rings is 1. The van der Waals surface area contributed by atoms with Crippen LogP contribution in [0.2, 0.25) is 0 Å². The molecule has 0 fully saturated rings. The van der Waals surface area contributed by atoms with Crippen molar-refractivity contribution in [2.24, 2.45) is 0 Å². The molecule has 1 atom stereocenters. The van der Waals surface area contributed by atoms with Crippen LogP contribution in [0.4, 0.5) is 0 Å². The van der Waals surface area contributed by atoms with Gasteiger partial charge in [0.15, 0.2) is 0 Å². The van der Waals surface area contributed by atoms with Crippen LogP contribution in [0, 0.1) is 6.92 Å². The molecular weight excluding hydrogens is 344 g/mol. The van der Waals surface area contributed by atoms with Crippen LogP contribution in [0.25, 0.3) is 0 Å². The highest BCUT2D eigenvalue weighted by Crippen LogP contribution is 2.20. The van der Waals surface area contributed by atoms with Crippen molar-refractivity contribution in [1.29, 1.82) is 0 Å².